The van der Waals surface area contributed by atoms with Gasteiger partial charge in [-0.2, -0.15) is 0 Å². The van der Waals surface area contributed by atoms with E-state index in [2.05, 4.69) is 16.3 Å². The summed E-state index contributed by atoms with van der Waals surface area (Å²) in [5, 5.41) is 5.29. The van der Waals surface area contributed by atoms with Crippen molar-refractivity contribution >= 4 is 45.4 Å². The molecule has 4 rings (SSSR count). The number of hydrogen-bond donors (Lipinski definition) is 1. The van der Waals surface area contributed by atoms with E-state index in [9.17, 15) is 4.79 Å². The Morgan fingerprint density at radius 1 is 1.20 bits per heavy atom. The highest BCUT2D eigenvalue weighted by molar-refractivity contribution is 7.18. The number of rotatable bonds is 2. The number of hydrogen-bond acceptors (Lipinski definition) is 4. The van der Waals surface area contributed by atoms with Gasteiger partial charge in [-0.1, -0.05) is 29.3 Å². The highest BCUT2D eigenvalue weighted by Crippen LogP contribution is 2.42. The molecule has 0 radical (unpaired) electrons. The van der Waals surface area contributed by atoms with Gasteiger partial charge in [0.05, 0.1) is 33.1 Å². The average molecular weight is 397 g/mol. The molecule has 25 heavy (non-hydrogen) atoms. The highest BCUT2D eigenvalue weighted by Gasteiger charge is 2.35. The van der Waals surface area contributed by atoms with Gasteiger partial charge in [0, 0.05) is 25.0 Å². The Morgan fingerprint density at radius 3 is 2.68 bits per heavy atom. The largest absolute Gasteiger partial charge is 0.378 e. The van der Waals surface area contributed by atoms with E-state index in [0.717, 1.165) is 47.3 Å². The summed E-state index contributed by atoms with van der Waals surface area (Å²) < 4.78 is 5.43. The second-order valence-electron chi connectivity index (χ2n) is 6.38. The standard InChI is InChI=1S/C18H18Cl2N2O2S/c1-10-16(11-2-3-13(19)14(20)8-11)12-9-15(22-4-6-24-7-5-22)25-17(12)18(23)21-10/h2-3,8-10,16H,4-7H2,1H3,(H,21,23)/t10-,16+/m0/s1. The second kappa shape index (κ2) is 6.80. The molecule has 1 saturated heterocycles. The van der Waals surface area contributed by atoms with E-state index >= 15 is 0 Å². The topological polar surface area (TPSA) is 41.6 Å². The lowest BCUT2D eigenvalue weighted by Crippen LogP contribution is -2.42. The third-order valence-corrected chi connectivity index (χ3v) is 6.72. The zero-order valence-corrected chi connectivity index (χ0v) is 16.0. The number of morpholine rings is 1. The van der Waals surface area contributed by atoms with Crippen LogP contribution in [0, 0.1) is 0 Å². The van der Waals surface area contributed by atoms with E-state index in [1.54, 1.807) is 11.3 Å². The first-order valence-corrected chi connectivity index (χ1v) is 9.84. The Bertz CT molecular complexity index is 817. The summed E-state index contributed by atoms with van der Waals surface area (Å²) in [6.45, 7) is 5.19. The number of carbonyl (C=O) groups is 1. The van der Waals surface area contributed by atoms with E-state index in [-0.39, 0.29) is 17.9 Å². The predicted molar refractivity (Wildman–Crippen MR) is 103 cm³/mol. The van der Waals surface area contributed by atoms with Crippen molar-refractivity contribution in [3.8, 4) is 0 Å². The molecule has 1 aromatic carbocycles. The number of anilines is 1. The van der Waals surface area contributed by atoms with Crippen molar-refractivity contribution in [1.29, 1.82) is 0 Å². The molecule has 7 heteroatoms. The van der Waals surface area contributed by atoms with Crippen LogP contribution in [-0.4, -0.2) is 38.3 Å². The summed E-state index contributed by atoms with van der Waals surface area (Å²) >= 11 is 13.8. The number of thiophene rings is 1. The van der Waals surface area contributed by atoms with Crippen LogP contribution >= 0.6 is 34.5 Å². The fourth-order valence-electron chi connectivity index (χ4n) is 3.54. The first-order chi connectivity index (χ1) is 12.0. The smallest absolute Gasteiger partial charge is 0.261 e. The fraction of sp³-hybridized carbons (Fsp3) is 0.389. The number of nitrogens with one attached hydrogen (secondary N) is 1. The monoisotopic (exact) mass is 396 g/mol. The third kappa shape index (κ3) is 3.14. The second-order valence-corrected chi connectivity index (χ2v) is 8.23. The van der Waals surface area contributed by atoms with Crippen LogP contribution in [0.4, 0.5) is 5.00 Å². The lowest BCUT2D eigenvalue weighted by molar-refractivity contribution is 0.0929. The Hall–Kier alpha value is -1.27. The summed E-state index contributed by atoms with van der Waals surface area (Å²) in [5.74, 6) is 0.0665. The van der Waals surface area contributed by atoms with Gasteiger partial charge >= 0.3 is 0 Å². The van der Waals surface area contributed by atoms with Gasteiger partial charge < -0.3 is 15.0 Å². The molecule has 1 aromatic heterocycles. The molecule has 1 amide bonds. The third-order valence-electron chi connectivity index (χ3n) is 4.77. The minimum atomic E-state index is -0.00983. The molecule has 0 spiro atoms. The molecule has 132 valence electrons. The average Bonchev–Trinajstić information content (AvgIpc) is 3.04. The Labute approximate surface area is 160 Å². The lowest BCUT2D eigenvalue weighted by atomic mass is 9.83. The molecule has 2 atom stereocenters. The van der Waals surface area contributed by atoms with Crippen molar-refractivity contribution in [2.75, 3.05) is 31.2 Å². The fourth-order valence-corrected chi connectivity index (χ4v) is 5.01. The molecule has 4 nitrogen and oxygen atoms in total. The predicted octanol–water partition coefficient (Wildman–Crippen LogP) is 4.16. The van der Waals surface area contributed by atoms with Crippen molar-refractivity contribution in [1.82, 2.24) is 5.32 Å². The maximum atomic E-state index is 12.5. The summed E-state index contributed by atoms with van der Waals surface area (Å²) in [7, 11) is 0. The SMILES string of the molecule is C[C@@H]1NC(=O)c2sc(N3CCOCC3)cc2[C@H]1c1ccc(Cl)c(Cl)c1. The normalized spacial score (nSPS) is 23.3. The Morgan fingerprint density at radius 2 is 1.96 bits per heavy atom. The van der Waals surface area contributed by atoms with E-state index in [1.165, 1.54) is 0 Å². The van der Waals surface area contributed by atoms with Crippen LogP contribution in [0.15, 0.2) is 24.3 Å². The van der Waals surface area contributed by atoms with Gasteiger partial charge in [0.15, 0.2) is 0 Å². The Balaban J connectivity index is 1.76. The molecule has 0 unspecified atom stereocenters. The molecule has 2 aliphatic rings. The number of halogens is 2. The van der Waals surface area contributed by atoms with E-state index < -0.39 is 0 Å². The Kier molecular flexibility index (Phi) is 4.67. The molecule has 0 bridgehead atoms. The van der Waals surface area contributed by atoms with Crippen LogP contribution in [0.3, 0.4) is 0 Å². The van der Waals surface area contributed by atoms with Gasteiger partial charge in [-0.15, -0.1) is 11.3 Å². The van der Waals surface area contributed by atoms with Crippen molar-refractivity contribution in [2.45, 2.75) is 18.9 Å². The lowest BCUT2D eigenvalue weighted by Gasteiger charge is -2.30. The number of fused-ring (bicyclic) bond motifs is 1. The molecule has 0 aliphatic carbocycles. The summed E-state index contributed by atoms with van der Waals surface area (Å²) in [6, 6.07) is 7.86. The van der Waals surface area contributed by atoms with Crippen LogP contribution in [0.5, 0.6) is 0 Å². The number of carbonyl (C=O) groups excluding carboxylic acids is 1. The van der Waals surface area contributed by atoms with Crippen LogP contribution in [0.2, 0.25) is 10.0 Å². The zero-order valence-electron chi connectivity index (χ0n) is 13.7. The van der Waals surface area contributed by atoms with Crippen LogP contribution in [-0.2, 0) is 4.74 Å². The molecular formula is C18H18Cl2N2O2S. The van der Waals surface area contributed by atoms with Crippen molar-refractivity contribution < 1.29 is 9.53 Å². The quantitative estimate of drug-likeness (QED) is 0.828. The molecule has 1 N–H and O–H groups in total. The molecule has 0 saturated carbocycles. The van der Waals surface area contributed by atoms with Gasteiger partial charge in [0.25, 0.3) is 5.91 Å². The number of benzene rings is 1. The van der Waals surface area contributed by atoms with Crippen molar-refractivity contribution in [3.05, 3.63) is 50.3 Å². The van der Waals surface area contributed by atoms with Crippen molar-refractivity contribution in [3.63, 3.8) is 0 Å². The molecule has 3 heterocycles. The zero-order chi connectivity index (χ0) is 17.6. The molecular weight excluding hydrogens is 379 g/mol. The number of ether oxygens (including phenoxy) is 1. The minimum Gasteiger partial charge on any atom is -0.378 e. The maximum absolute atomic E-state index is 12.5. The molecule has 2 aliphatic heterocycles. The number of amides is 1. The van der Waals surface area contributed by atoms with Gasteiger partial charge in [-0.05, 0) is 36.2 Å². The summed E-state index contributed by atoms with van der Waals surface area (Å²) in [5.41, 5.74) is 2.13. The summed E-state index contributed by atoms with van der Waals surface area (Å²) in [6.07, 6.45) is 0. The van der Waals surface area contributed by atoms with E-state index in [1.807, 2.05) is 25.1 Å². The van der Waals surface area contributed by atoms with E-state index in [4.69, 9.17) is 27.9 Å². The van der Waals surface area contributed by atoms with E-state index in [0.29, 0.717) is 10.0 Å². The van der Waals surface area contributed by atoms with Crippen LogP contribution < -0.4 is 10.2 Å². The van der Waals surface area contributed by atoms with Gasteiger partial charge in [0.2, 0.25) is 0 Å². The minimum absolute atomic E-state index is 0.00307. The first-order valence-electron chi connectivity index (χ1n) is 8.27. The van der Waals surface area contributed by atoms with Crippen molar-refractivity contribution in [2.24, 2.45) is 0 Å². The van der Waals surface area contributed by atoms with Gasteiger partial charge in [-0.25, -0.2) is 0 Å². The summed E-state index contributed by atoms with van der Waals surface area (Å²) in [4.78, 5) is 15.6. The number of nitrogens with zero attached hydrogens (tertiary/aromatic N) is 1. The highest BCUT2D eigenvalue weighted by atomic mass is 35.5. The molecule has 1 fully saturated rings. The molecule has 2 aromatic rings. The van der Waals surface area contributed by atoms with Crippen LogP contribution in [0.1, 0.15) is 33.6 Å². The maximum Gasteiger partial charge on any atom is 0.261 e. The first kappa shape index (κ1) is 17.2. The van der Waals surface area contributed by atoms with Gasteiger partial charge in [-0.3, -0.25) is 4.79 Å². The van der Waals surface area contributed by atoms with Gasteiger partial charge in [0.1, 0.15) is 0 Å². The van der Waals surface area contributed by atoms with Crippen LogP contribution in [0.25, 0.3) is 0 Å².